The van der Waals surface area contributed by atoms with Gasteiger partial charge in [-0.15, -0.1) is 0 Å². The predicted molar refractivity (Wildman–Crippen MR) is 133 cm³/mol. The number of benzene rings is 2. The number of methoxy groups -OCH3 is 1. The van der Waals surface area contributed by atoms with Gasteiger partial charge in [0.05, 0.1) is 18.5 Å². The molecule has 0 saturated carbocycles. The van der Waals surface area contributed by atoms with Crippen molar-refractivity contribution >= 4 is 17.7 Å². The molecule has 3 aromatic rings. The fourth-order valence-electron chi connectivity index (χ4n) is 3.20. The van der Waals surface area contributed by atoms with E-state index < -0.39 is 0 Å². The molecule has 2 aromatic carbocycles. The van der Waals surface area contributed by atoms with Crippen molar-refractivity contribution in [3.05, 3.63) is 71.7 Å². The standard InChI is InChI=1S/C26H30N4O4/c1-8-19-14-23(29-15-28-19)33-21-11-17(10-9-16(21)2)25(31)30-20-12-18(26(3,4)5)13-22(34-27-6)24(20)32-7/h8-15,27H,1H2,2-7H3,(H,30,31). The van der Waals surface area contributed by atoms with Crippen LogP contribution in [0.2, 0.25) is 0 Å². The quantitative estimate of drug-likeness (QED) is 0.439. The zero-order chi connectivity index (χ0) is 24.9. The van der Waals surface area contributed by atoms with E-state index in [1.807, 2.05) is 25.1 Å². The molecule has 0 atom stereocenters. The molecular formula is C26H30N4O4. The molecule has 2 N–H and O–H groups in total. The van der Waals surface area contributed by atoms with Gasteiger partial charge in [0.15, 0.2) is 11.5 Å². The van der Waals surface area contributed by atoms with E-state index >= 15 is 0 Å². The number of nitrogens with zero attached hydrogens (tertiary/aromatic N) is 2. The van der Waals surface area contributed by atoms with Crippen molar-refractivity contribution in [2.24, 2.45) is 0 Å². The summed E-state index contributed by atoms with van der Waals surface area (Å²) in [5, 5.41) is 2.95. The topological polar surface area (TPSA) is 94.6 Å². The first-order valence-electron chi connectivity index (χ1n) is 10.8. The molecule has 0 bridgehead atoms. The maximum atomic E-state index is 13.2. The van der Waals surface area contributed by atoms with E-state index in [2.05, 4.69) is 48.1 Å². The summed E-state index contributed by atoms with van der Waals surface area (Å²) in [7, 11) is 3.19. The average molecular weight is 463 g/mol. The van der Waals surface area contributed by atoms with Gasteiger partial charge in [-0.1, -0.05) is 33.4 Å². The largest absolute Gasteiger partial charge is 0.491 e. The molecule has 0 spiro atoms. The number of hydrogen-bond donors (Lipinski definition) is 2. The van der Waals surface area contributed by atoms with Crippen molar-refractivity contribution in [3.8, 4) is 23.1 Å². The molecule has 1 heterocycles. The third-order valence-corrected chi connectivity index (χ3v) is 5.12. The van der Waals surface area contributed by atoms with Gasteiger partial charge < -0.3 is 19.6 Å². The lowest BCUT2D eigenvalue weighted by atomic mass is 9.86. The monoisotopic (exact) mass is 462 g/mol. The molecule has 0 aliphatic heterocycles. The number of nitrogens with one attached hydrogen (secondary N) is 2. The molecule has 0 aliphatic rings. The van der Waals surface area contributed by atoms with Crippen LogP contribution in [0, 0.1) is 6.92 Å². The second kappa shape index (κ2) is 10.4. The van der Waals surface area contributed by atoms with Crippen molar-refractivity contribution < 1.29 is 19.1 Å². The number of ether oxygens (including phenoxy) is 2. The average Bonchev–Trinajstić information content (AvgIpc) is 2.80. The maximum absolute atomic E-state index is 13.2. The third kappa shape index (κ3) is 5.71. The maximum Gasteiger partial charge on any atom is 0.255 e. The molecule has 34 heavy (non-hydrogen) atoms. The van der Waals surface area contributed by atoms with Gasteiger partial charge in [-0.3, -0.25) is 4.79 Å². The van der Waals surface area contributed by atoms with Gasteiger partial charge in [-0.2, -0.15) is 5.48 Å². The fourth-order valence-corrected chi connectivity index (χ4v) is 3.20. The Kier molecular flexibility index (Phi) is 7.53. The first-order valence-corrected chi connectivity index (χ1v) is 10.8. The second-order valence-electron chi connectivity index (χ2n) is 8.63. The highest BCUT2D eigenvalue weighted by atomic mass is 16.7. The van der Waals surface area contributed by atoms with Crippen molar-refractivity contribution in [1.29, 1.82) is 0 Å². The Bertz CT molecular complexity index is 1200. The van der Waals surface area contributed by atoms with Gasteiger partial charge >= 0.3 is 0 Å². The highest BCUT2D eigenvalue weighted by Crippen LogP contribution is 2.40. The smallest absolute Gasteiger partial charge is 0.255 e. The number of carbonyl (C=O) groups excluding carboxylic acids is 1. The Hall–Kier alpha value is -3.91. The van der Waals surface area contributed by atoms with Crippen molar-refractivity contribution in [1.82, 2.24) is 15.4 Å². The molecule has 0 fully saturated rings. The van der Waals surface area contributed by atoms with Gasteiger partial charge in [0.1, 0.15) is 12.1 Å². The molecule has 8 nitrogen and oxygen atoms in total. The summed E-state index contributed by atoms with van der Waals surface area (Å²) in [5.41, 5.74) is 5.88. The van der Waals surface area contributed by atoms with Crippen LogP contribution in [-0.2, 0) is 5.41 Å². The minimum absolute atomic E-state index is 0.176. The number of rotatable bonds is 8. The summed E-state index contributed by atoms with van der Waals surface area (Å²) in [6.45, 7) is 11.8. The van der Waals surface area contributed by atoms with Crippen LogP contribution in [0.15, 0.2) is 49.3 Å². The molecule has 0 unspecified atom stereocenters. The first-order chi connectivity index (χ1) is 16.2. The number of hydroxylamine groups is 1. The van der Waals surface area contributed by atoms with Crippen molar-refractivity contribution in [2.75, 3.05) is 19.5 Å². The molecule has 3 rings (SSSR count). The minimum Gasteiger partial charge on any atom is -0.491 e. The molecule has 178 valence electrons. The van der Waals surface area contributed by atoms with E-state index in [0.717, 1.165) is 11.1 Å². The molecule has 1 aromatic heterocycles. The Labute approximate surface area is 200 Å². The van der Waals surface area contributed by atoms with Crippen LogP contribution in [-0.4, -0.2) is 30.0 Å². The summed E-state index contributed by atoms with van der Waals surface area (Å²) in [6, 6.07) is 10.7. The van der Waals surface area contributed by atoms with Gasteiger partial charge in [-0.05, 0) is 53.8 Å². The van der Waals surface area contributed by atoms with Crippen LogP contribution in [0.25, 0.3) is 6.08 Å². The highest BCUT2D eigenvalue weighted by Gasteiger charge is 2.22. The first kappa shape index (κ1) is 24.7. The Morgan fingerprint density at radius 3 is 2.50 bits per heavy atom. The van der Waals surface area contributed by atoms with Crippen molar-refractivity contribution in [2.45, 2.75) is 33.1 Å². The number of aromatic nitrogens is 2. The van der Waals surface area contributed by atoms with E-state index in [-0.39, 0.29) is 11.3 Å². The van der Waals surface area contributed by atoms with Crippen molar-refractivity contribution in [3.63, 3.8) is 0 Å². The fraction of sp³-hybridized carbons (Fsp3) is 0.269. The summed E-state index contributed by atoms with van der Waals surface area (Å²) >= 11 is 0. The molecule has 8 heteroatoms. The van der Waals surface area contributed by atoms with E-state index in [0.29, 0.717) is 40.1 Å². The predicted octanol–water partition coefficient (Wildman–Crippen LogP) is 5.29. The number of anilines is 1. The summed E-state index contributed by atoms with van der Waals surface area (Å²) < 4.78 is 11.5. The van der Waals surface area contributed by atoms with Crippen LogP contribution in [0.1, 0.15) is 48.0 Å². The lowest BCUT2D eigenvalue weighted by Crippen LogP contribution is -2.18. The van der Waals surface area contributed by atoms with Gasteiger partial charge in [0.2, 0.25) is 5.88 Å². The third-order valence-electron chi connectivity index (χ3n) is 5.12. The lowest BCUT2D eigenvalue weighted by Gasteiger charge is -2.23. The molecular weight excluding hydrogens is 432 g/mol. The van der Waals surface area contributed by atoms with E-state index in [9.17, 15) is 4.79 Å². The molecule has 0 radical (unpaired) electrons. The van der Waals surface area contributed by atoms with Crippen LogP contribution in [0.3, 0.4) is 0 Å². The van der Waals surface area contributed by atoms with Crippen LogP contribution in [0.4, 0.5) is 5.69 Å². The Balaban J connectivity index is 1.94. The zero-order valence-corrected chi connectivity index (χ0v) is 20.4. The zero-order valence-electron chi connectivity index (χ0n) is 20.4. The van der Waals surface area contributed by atoms with Crippen LogP contribution < -0.4 is 25.1 Å². The highest BCUT2D eigenvalue weighted by molar-refractivity contribution is 6.05. The van der Waals surface area contributed by atoms with Crippen LogP contribution in [0.5, 0.6) is 23.1 Å². The van der Waals surface area contributed by atoms with Gasteiger partial charge in [0, 0.05) is 18.7 Å². The summed E-state index contributed by atoms with van der Waals surface area (Å²) in [5.74, 6) is 1.44. The molecule has 0 saturated heterocycles. The number of aryl methyl sites for hydroxylation is 1. The number of amides is 1. The van der Waals surface area contributed by atoms with E-state index in [1.165, 1.54) is 13.4 Å². The Morgan fingerprint density at radius 1 is 1.09 bits per heavy atom. The molecule has 0 aliphatic carbocycles. The second-order valence-corrected chi connectivity index (χ2v) is 8.63. The minimum atomic E-state index is -0.320. The van der Waals surface area contributed by atoms with Gasteiger partial charge in [-0.25, -0.2) is 9.97 Å². The number of hydrogen-bond acceptors (Lipinski definition) is 7. The van der Waals surface area contributed by atoms with Crippen LogP contribution >= 0.6 is 0 Å². The van der Waals surface area contributed by atoms with E-state index in [1.54, 1.807) is 31.3 Å². The summed E-state index contributed by atoms with van der Waals surface area (Å²) in [6.07, 6.45) is 3.01. The SMILES string of the molecule is C=Cc1cc(Oc2cc(C(=O)Nc3cc(C(C)(C)C)cc(ONC)c3OC)ccc2C)ncn1. The van der Waals surface area contributed by atoms with E-state index in [4.69, 9.17) is 14.3 Å². The molecule has 1 amide bonds. The van der Waals surface area contributed by atoms with Gasteiger partial charge in [0.25, 0.3) is 5.91 Å². The summed E-state index contributed by atoms with van der Waals surface area (Å²) in [4.78, 5) is 27.0. The number of carbonyl (C=O) groups is 1. The Morgan fingerprint density at radius 2 is 1.85 bits per heavy atom. The normalized spacial score (nSPS) is 11.0. The lowest BCUT2D eigenvalue weighted by molar-refractivity contribution is 0.102.